The highest BCUT2D eigenvalue weighted by Crippen LogP contribution is 2.34. The van der Waals surface area contributed by atoms with Gasteiger partial charge in [-0.15, -0.1) is 0 Å². The predicted molar refractivity (Wildman–Crippen MR) is 40.4 cm³/mol. The highest BCUT2D eigenvalue weighted by molar-refractivity contribution is 7.51. The fourth-order valence-corrected chi connectivity index (χ4v) is 1.09. The van der Waals surface area contributed by atoms with E-state index in [9.17, 15) is 4.57 Å². The van der Waals surface area contributed by atoms with Gasteiger partial charge in [-0.2, -0.15) is 0 Å². The molecule has 0 atom stereocenters. The SMILES string of the molecule is CCCCP(=O)(O)O.[MgH2]. The van der Waals surface area contributed by atoms with Crippen LogP contribution in [0.25, 0.3) is 0 Å². The second kappa shape index (κ2) is 5.68. The Balaban J connectivity index is 0. The van der Waals surface area contributed by atoms with Gasteiger partial charge >= 0.3 is 30.6 Å². The van der Waals surface area contributed by atoms with Gasteiger partial charge in [-0.3, -0.25) is 4.57 Å². The van der Waals surface area contributed by atoms with Gasteiger partial charge in [-0.1, -0.05) is 13.3 Å². The molecule has 0 aromatic rings. The van der Waals surface area contributed by atoms with Gasteiger partial charge in [-0.25, -0.2) is 0 Å². The highest BCUT2D eigenvalue weighted by atomic mass is 31.2. The Kier molecular flexibility index (Phi) is 7.94. The van der Waals surface area contributed by atoms with Crippen LogP contribution < -0.4 is 0 Å². The van der Waals surface area contributed by atoms with Crippen molar-refractivity contribution in [1.82, 2.24) is 0 Å². The Morgan fingerprint density at radius 1 is 1.44 bits per heavy atom. The van der Waals surface area contributed by atoms with E-state index in [1.54, 1.807) is 0 Å². The highest BCUT2D eigenvalue weighted by Gasteiger charge is 2.09. The van der Waals surface area contributed by atoms with Crippen LogP contribution in [-0.2, 0) is 4.57 Å². The van der Waals surface area contributed by atoms with E-state index in [4.69, 9.17) is 9.79 Å². The van der Waals surface area contributed by atoms with Crippen molar-refractivity contribution >= 4 is 30.6 Å². The van der Waals surface area contributed by atoms with E-state index in [-0.39, 0.29) is 29.2 Å². The molecule has 0 aliphatic carbocycles. The number of rotatable bonds is 3. The van der Waals surface area contributed by atoms with E-state index in [0.29, 0.717) is 6.42 Å². The Morgan fingerprint density at radius 3 is 2.00 bits per heavy atom. The fraction of sp³-hybridized carbons (Fsp3) is 1.00. The van der Waals surface area contributed by atoms with Crippen molar-refractivity contribution in [2.45, 2.75) is 19.8 Å². The van der Waals surface area contributed by atoms with Gasteiger partial charge in [0.1, 0.15) is 0 Å². The summed E-state index contributed by atoms with van der Waals surface area (Å²) in [4.78, 5) is 16.5. The molecular weight excluding hydrogens is 151 g/mol. The first kappa shape index (κ1) is 12.6. The molecule has 0 heterocycles. The molecule has 9 heavy (non-hydrogen) atoms. The third-order valence-electron chi connectivity index (χ3n) is 0.803. The summed E-state index contributed by atoms with van der Waals surface area (Å²) in [6, 6.07) is 0. The lowest BCUT2D eigenvalue weighted by Gasteiger charge is -1.98. The van der Waals surface area contributed by atoms with Gasteiger partial charge in [0.05, 0.1) is 0 Å². The molecule has 5 heteroatoms. The molecule has 0 bridgehead atoms. The van der Waals surface area contributed by atoms with E-state index in [0.717, 1.165) is 6.42 Å². The van der Waals surface area contributed by atoms with E-state index in [1.807, 2.05) is 6.92 Å². The lowest BCUT2D eigenvalue weighted by atomic mass is 10.4. The van der Waals surface area contributed by atoms with Crippen LogP contribution in [0.3, 0.4) is 0 Å². The summed E-state index contributed by atoms with van der Waals surface area (Å²) in [6.07, 6.45) is 1.49. The first-order valence-corrected chi connectivity index (χ1v) is 4.40. The minimum Gasteiger partial charge on any atom is -0.324 e. The molecule has 0 saturated heterocycles. The van der Waals surface area contributed by atoms with Crippen LogP contribution in [0.1, 0.15) is 19.8 Å². The normalized spacial score (nSPS) is 10.6. The summed E-state index contributed by atoms with van der Waals surface area (Å²) < 4.78 is 10.1. The van der Waals surface area contributed by atoms with Crippen LogP contribution in [-0.4, -0.2) is 39.0 Å². The zero-order valence-corrected chi connectivity index (χ0v) is 5.77. The van der Waals surface area contributed by atoms with Crippen LogP contribution in [0, 0.1) is 0 Å². The van der Waals surface area contributed by atoms with Gasteiger partial charge in [-0.05, 0) is 6.42 Å². The van der Waals surface area contributed by atoms with Crippen LogP contribution in [0.5, 0.6) is 0 Å². The van der Waals surface area contributed by atoms with Crippen LogP contribution in [0.15, 0.2) is 0 Å². The molecule has 0 fully saturated rings. The molecule has 0 aliphatic rings. The summed E-state index contributed by atoms with van der Waals surface area (Å²) in [7, 11) is -3.68. The minimum atomic E-state index is -3.68. The Labute approximate surface area is 71.2 Å². The van der Waals surface area contributed by atoms with Crippen LogP contribution in [0.2, 0.25) is 0 Å². The third kappa shape index (κ3) is 12.2. The lowest BCUT2D eigenvalue weighted by Crippen LogP contribution is -1.84. The van der Waals surface area contributed by atoms with Gasteiger partial charge < -0.3 is 9.79 Å². The molecule has 0 unspecified atom stereocenters. The molecule has 2 N–H and O–H groups in total. The fourth-order valence-electron chi connectivity index (χ4n) is 0.364. The number of hydrogen-bond acceptors (Lipinski definition) is 1. The first-order chi connectivity index (χ1) is 3.56. The average molecular weight is 164 g/mol. The average Bonchev–Trinajstić information content (AvgIpc) is 1.59. The van der Waals surface area contributed by atoms with Gasteiger partial charge in [0.2, 0.25) is 0 Å². The van der Waals surface area contributed by atoms with E-state index in [1.165, 1.54) is 0 Å². The summed E-state index contributed by atoms with van der Waals surface area (Å²) in [5.74, 6) is 0. The standard InChI is InChI=1S/C4H11O3P.Mg.2H/c1-2-3-4-8(5,6)7;;;/h2-4H2,1H3,(H2,5,6,7);;;. The lowest BCUT2D eigenvalue weighted by molar-refractivity contribution is 0.371. The maximum absolute atomic E-state index is 10.1. The number of unbranched alkanes of at least 4 members (excludes halogenated alkanes) is 1. The van der Waals surface area contributed by atoms with E-state index in [2.05, 4.69) is 0 Å². The maximum atomic E-state index is 10.1. The van der Waals surface area contributed by atoms with Crippen molar-refractivity contribution < 1.29 is 14.4 Å². The molecule has 0 saturated carbocycles. The maximum Gasteiger partial charge on any atom is 0.325 e. The molecule has 54 valence electrons. The largest absolute Gasteiger partial charge is 0.325 e. The molecule has 0 amide bonds. The molecule has 3 nitrogen and oxygen atoms in total. The smallest absolute Gasteiger partial charge is 0.324 e. The molecular formula is C4H13MgO3P. The van der Waals surface area contributed by atoms with Crippen LogP contribution >= 0.6 is 7.60 Å². The van der Waals surface area contributed by atoms with E-state index >= 15 is 0 Å². The van der Waals surface area contributed by atoms with Crippen LogP contribution in [0.4, 0.5) is 0 Å². The van der Waals surface area contributed by atoms with Crippen molar-refractivity contribution in [2.24, 2.45) is 0 Å². The Bertz CT molecular complexity index is 100.0. The summed E-state index contributed by atoms with van der Waals surface area (Å²) in [5.41, 5.74) is 0. The predicted octanol–water partition coefficient (Wildman–Crippen LogP) is 0.0480. The zero-order chi connectivity index (χ0) is 6.62. The van der Waals surface area contributed by atoms with Crippen molar-refractivity contribution in [2.75, 3.05) is 6.16 Å². The van der Waals surface area contributed by atoms with Crippen molar-refractivity contribution in [3.8, 4) is 0 Å². The van der Waals surface area contributed by atoms with Crippen molar-refractivity contribution in [3.05, 3.63) is 0 Å². The van der Waals surface area contributed by atoms with E-state index < -0.39 is 7.60 Å². The first-order valence-electron chi connectivity index (χ1n) is 2.61. The summed E-state index contributed by atoms with van der Waals surface area (Å²) in [6.45, 7) is 1.90. The quantitative estimate of drug-likeness (QED) is 0.458. The molecule has 0 aromatic heterocycles. The van der Waals surface area contributed by atoms with Gasteiger partial charge in [0.15, 0.2) is 0 Å². The van der Waals surface area contributed by atoms with Crippen molar-refractivity contribution in [3.63, 3.8) is 0 Å². The van der Waals surface area contributed by atoms with Gasteiger partial charge in [0, 0.05) is 6.16 Å². The zero-order valence-electron chi connectivity index (χ0n) is 4.87. The Hall–Kier alpha value is 0.916. The second-order valence-electron chi connectivity index (χ2n) is 1.74. The summed E-state index contributed by atoms with van der Waals surface area (Å²) >= 11 is 0. The third-order valence-corrected chi connectivity index (χ3v) is 1.70. The molecule has 0 aliphatic heterocycles. The van der Waals surface area contributed by atoms with Gasteiger partial charge in [0.25, 0.3) is 0 Å². The summed E-state index contributed by atoms with van der Waals surface area (Å²) in [5, 5.41) is 0. The number of hydrogen-bond donors (Lipinski definition) is 2. The molecule has 0 rings (SSSR count). The van der Waals surface area contributed by atoms with Crippen molar-refractivity contribution in [1.29, 1.82) is 0 Å². The topological polar surface area (TPSA) is 57.5 Å². The molecule has 0 spiro atoms. The molecule has 0 aromatic carbocycles. The Morgan fingerprint density at radius 2 is 1.89 bits per heavy atom. The molecule has 0 radical (unpaired) electrons. The minimum absolute atomic E-state index is 0. The second-order valence-corrected chi connectivity index (χ2v) is 3.52. The monoisotopic (exact) mass is 164 g/mol.